The van der Waals surface area contributed by atoms with E-state index in [-0.39, 0.29) is 6.61 Å². The van der Waals surface area contributed by atoms with Crippen LogP contribution in [0, 0.1) is 0 Å². The van der Waals surface area contributed by atoms with Gasteiger partial charge >= 0.3 is 0 Å². The summed E-state index contributed by atoms with van der Waals surface area (Å²) in [5, 5.41) is 9.57. The van der Waals surface area contributed by atoms with Crippen molar-refractivity contribution < 1.29 is 5.11 Å². The Morgan fingerprint density at radius 1 is 1.09 bits per heavy atom. The Labute approximate surface area is 128 Å². The molecule has 3 aromatic rings. The van der Waals surface area contributed by atoms with Crippen molar-refractivity contribution in [1.29, 1.82) is 0 Å². The number of aliphatic hydroxyl groups excluding tert-OH is 1. The molecule has 112 valence electrons. The van der Waals surface area contributed by atoms with Crippen molar-refractivity contribution in [3.05, 3.63) is 48.4 Å². The zero-order valence-corrected chi connectivity index (χ0v) is 12.3. The van der Waals surface area contributed by atoms with Gasteiger partial charge in [0, 0.05) is 31.0 Å². The van der Waals surface area contributed by atoms with E-state index in [9.17, 15) is 5.11 Å². The van der Waals surface area contributed by atoms with Gasteiger partial charge in [-0.25, -0.2) is 9.97 Å². The Bertz CT molecular complexity index is 805. The quantitative estimate of drug-likeness (QED) is 0.806. The fourth-order valence-corrected chi connectivity index (χ4v) is 3.16. The standard InChI is InChI=1S/C17H18N4O/c22-12-13-5-1-2-6-14(13)15-11-19-17-16(18-7-10-21(15)17)20-8-3-4-9-20/h1-2,5-7,10-11,22H,3-4,8-9,12H2. The smallest absolute Gasteiger partial charge is 0.180 e. The zero-order valence-electron chi connectivity index (χ0n) is 12.3. The highest BCUT2D eigenvalue weighted by molar-refractivity contribution is 5.73. The summed E-state index contributed by atoms with van der Waals surface area (Å²) in [4.78, 5) is 11.4. The molecule has 0 saturated carbocycles. The lowest BCUT2D eigenvalue weighted by atomic mass is 10.1. The first-order valence-corrected chi connectivity index (χ1v) is 7.64. The summed E-state index contributed by atoms with van der Waals surface area (Å²) in [6.45, 7) is 2.11. The van der Waals surface area contributed by atoms with E-state index in [1.165, 1.54) is 12.8 Å². The number of aromatic nitrogens is 3. The summed E-state index contributed by atoms with van der Waals surface area (Å²) in [5.41, 5.74) is 3.79. The predicted octanol–water partition coefficient (Wildman–Crippen LogP) is 2.49. The van der Waals surface area contributed by atoms with Crippen LogP contribution in [-0.2, 0) is 6.61 Å². The Balaban J connectivity index is 1.88. The molecule has 1 N–H and O–H groups in total. The molecular weight excluding hydrogens is 276 g/mol. The van der Waals surface area contributed by atoms with Crippen molar-refractivity contribution in [2.75, 3.05) is 18.0 Å². The highest BCUT2D eigenvalue weighted by atomic mass is 16.3. The molecular formula is C17H18N4O. The second-order valence-electron chi connectivity index (χ2n) is 5.60. The molecule has 0 bridgehead atoms. The Kier molecular flexibility index (Phi) is 3.27. The lowest BCUT2D eigenvalue weighted by Crippen LogP contribution is -2.20. The maximum Gasteiger partial charge on any atom is 0.180 e. The molecule has 0 aliphatic carbocycles. The average molecular weight is 294 g/mol. The monoisotopic (exact) mass is 294 g/mol. The molecule has 5 nitrogen and oxygen atoms in total. The van der Waals surface area contributed by atoms with Gasteiger partial charge in [0.15, 0.2) is 11.5 Å². The number of benzene rings is 1. The summed E-state index contributed by atoms with van der Waals surface area (Å²) >= 11 is 0. The van der Waals surface area contributed by atoms with Crippen molar-refractivity contribution in [2.45, 2.75) is 19.4 Å². The molecule has 1 aromatic carbocycles. The second kappa shape index (κ2) is 5.42. The van der Waals surface area contributed by atoms with Gasteiger partial charge in [0.05, 0.1) is 18.5 Å². The number of hydrogen-bond donors (Lipinski definition) is 1. The van der Waals surface area contributed by atoms with E-state index in [4.69, 9.17) is 0 Å². The van der Waals surface area contributed by atoms with Crippen molar-refractivity contribution in [1.82, 2.24) is 14.4 Å². The average Bonchev–Trinajstić information content (AvgIpc) is 3.24. The van der Waals surface area contributed by atoms with Gasteiger partial charge in [-0.2, -0.15) is 0 Å². The van der Waals surface area contributed by atoms with Crippen LogP contribution in [0.25, 0.3) is 16.9 Å². The molecule has 1 saturated heterocycles. The van der Waals surface area contributed by atoms with Crippen LogP contribution in [0.5, 0.6) is 0 Å². The normalized spacial score (nSPS) is 14.9. The first-order chi connectivity index (χ1) is 10.9. The topological polar surface area (TPSA) is 53.7 Å². The number of aliphatic hydroxyl groups is 1. The molecule has 0 amide bonds. The third-order valence-electron chi connectivity index (χ3n) is 4.28. The van der Waals surface area contributed by atoms with E-state index in [1.54, 1.807) is 0 Å². The van der Waals surface area contributed by atoms with Gasteiger partial charge < -0.3 is 10.0 Å². The Hall–Kier alpha value is -2.40. The number of imidazole rings is 1. The Morgan fingerprint density at radius 2 is 1.91 bits per heavy atom. The van der Waals surface area contributed by atoms with Crippen molar-refractivity contribution in [3.8, 4) is 11.3 Å². The van der Waals surface area contributed by atoms with E-state index in [0.29, 0.717) is 0 Å². The molecule has 22 heavy (non-hydrogen) atoms. The maximum atomic E-state index is 9.57. The minimum atomic E-state index is 0.0213. The summed E-state index contributed by atoms with van der Waals surface area (Å²) in [7, 11) is 0. The van der Waals surface area contributed by atoms with E-state index >= 15 is 0 Å². The highest BCUT2D eigenvalue weighted by Crippen LogP contribution is 2.28. The summed E-state index contributed by atoms with van der Waals surface area (Å²) < 4.78 is 2.06. The first-order valence-electron chi connectivity index (χ1n) is 7.64. The first kappa shape index (κ1) is 13.3. The van der Waals surface area contributed by atoms with Gasteiger partial charge in [0.25, 0.3) is 0 Å². The molecule has 0 radical (unpaired) electrons. The third kappa shape index (κ3) is 2.05. The summed E-state index contributed by atoms with van der Waals surface area (Å²) in [6, 6.07) is 7.88. The molecule has 0 spiro atoms. The van der Waals surface area contributed by atoms with Gasteiger partial charge in [-0.15, -0.1) is 0 Å². The van der Waals surface area contributed by atoms with E-state index in [2.05, 4.69) is 19.3 Å². The minimum Gasteiger partial charge on any atom is -0.392 e. The largest absolute Gasteiger partial charge is 0.392 e. The number of nitrogens with zero attached hydrogens (tertiary/aromatic N) is 4. The predicted molar refractivity (Wildman–Crippen MR) is 85.8 cm³/mol. The molecule has 1 aliphatic rings. The molecule has 0 unspecified atom stereocenters. The fourth-order valence-electron chi connectivity index (χ4n) is 3.16. The van der Waals surface area contributed by atoms with Crippen molar-refractivity contribution >= 4 is 11.5 Å². The van der Waals surface area contributed by atoms with Crippen LogP contribution in [0.4, 0.5) is 5.82 Å². The minimum absolute atomic E-state index is 0.0213. The lowest BCUT2D eigenvalue weighted by Gasteiger charge is -2.16. The van der Waals surface area contributed by atoms with E-state index in [1.807, 2.05) is 42.9 Å². The molecule has 1 aliphatic heterocycles. The van der Waals surface area contributed by atoms with Gasteiger partial charge in [0.1, 0.15) is 0 Å². The maximum absolute atomic E-state index is 9.57. The SMILES string of the molecule is OCc1ccccc1-c1cnc2c(N3CCCC3)nccn12. The molecule has 3 heterocycles. The van der Waals surface area contributed by atoms with Gasteiger partial charge in [-0.3, -0.25) is 4.40 Å². The molecule has 5 heteroatoms. The third-order valence-corrected chi connectivity index (χ3v) is 4.28. The van der Waals surface area contributed by atoms with Gasteiger partial charge in [-0.05, 0) is 18.4 Å². The molecule has 0 atom stereocenters. The van der Waals surface area contributed by atoms with Crippen molar-refractivity contribution in [2.24, 2.45) is 0 Å². The number of hydrogen-bond acceptors (Lipinski definition) is 4. The number of anilines is 1. The molecule has 4 rings (SSSR count). The Morgan fingerprint density at radius 3 is 2.73 bits per heavy atom. The zero-order chi connectivity index (χ0) is 14.9. The fraction of sp³-hybridized carbons (Fsp3) is 0.294. The number of fused-ring (bicyclic) bond motifs is 1. The van der Waals surface area contributed by atoms with Crippen LogP contribution in [0.3, 0.4) is 0 Å². The van der Waals surface area contributed by atoms with E-state index in [0.717, 1.165) is 41.4 Å². The van der Waals surface area contributed by atoms with Crippen LogP contribution in [-0.4, -0.2) is 32.6 Å². The van der Waals surface area contributed by atoms with Crippen LogP contribution >= 0.6 is 0 Å². The lowest BCUT2D eigenvalue weighted by molar-refractivity contribution is 0.282. The molecule has 1 fully saturated rings. The summed E-state index contributed by atoms with van der Waals surface area (Å²) in [5.74, 6) is 0.952. The van der Waals surface area contributed by atoms with Crippen LogP contribution < -0.4 is 4.90 Å². The van der Waals surface area contributed by atoms with Crippen LogP contribution in [0.15, 0.2) is 42.9 Å². The van der Waals surface area contributed by atoms with Crippen LogP contribution in [0.2, 0.25) is 0 Å². The van der Waals surface area contributed by atoms with Crippen molar-refractivity contribution in [3.63, 3.8) is 0 Å². The highest BCUT2D eigenvalue weighted by Gasteiger charge is 2.19. The second-order valence-corrected chi connectivity index (χ2v) is 5.60. The molecule has 2 aromatic heterocycles. The summed E-state index contributed by atoms with van der Waals surface area (Å²) in [6.07, 6.45) is 8.05. The van der Waals surface area contributed by atoms with Gasteiger partial charge in [0.2, 0.25) is 0 Å². The van der Waals surface area contributed by atoms with Crippen LogP contribution in [0.1, 0.15) is 18.4 Å². The van der Waals surface area contributed by atoms with Gasteiger partial charge in [-0.1, -0.05) is 24.3 Å². The number of rotatable bonds is 3. The van der Waals surface area contributed by atoms with E-state index < -0.39 is 0 Å².